The number of carbonyl (C=O) groups excluding carboxylic acids is 2. The first-order valence-corrected chi connectivity index (χ1v) is 7.47. The molecule has 0 aliphatic carbocycles. The molecule has 0 aromatic heterocycles. The Balaban J connectivity index is 1.69. The molecule has 0 heterocycles. The minimum Gasteiger partial charge on any atom is -0.479 e. The van der Waals surface area contributed by atoms with Gasteiger partial charge in [-0.05, 0) is 23.8 Å². The second kappa shape index (κ2) is 8.88. The molecule has 2 rings (SSSR count). The first-order valence-electron chi connectivity index (χ1n) is 7.09. The van der Waals surface area contributed by atoms with Gasteiger partial charge in [-0.25, -0.2) is 9.18 Å². The summed E-state index contributed by atoms with van der Waals surface area (Å²) in [5.41, 5.74) is 0.752. The van der Waals surface area contributed by atoms with E-state index >= 15 is 0 Å². The second-order valence-electron chi connectivity index (χ2n) is 4.75. The van der Waals surface area contributed by atoms with Gasteiger partial charge in [0, 0.05) is 11.6 Å². The Morgan fingerprint density at radius 2 is 1.75 bits per heavy atom. The summed E-state index contributed by atoms with van der Waals surface area (Å²) < 4.78 is 23.0. The van der Waals surface area contributed by atoms with E-state index in [1.54, 1.807) is 30.3 Å². The number of amides is 1. The van der Waals surface area contributed by atoms with Gasteiger partial charge in [0.15, 0.2) is 24.8 Å². The third-order valence-corrected chi connectivity index (χ3v) is 3.35. The average molecular weight is 352 g/mol. The van der Waals surface area contributed by atoms with Crippen LogP contribution in [0.15, 0.2) is 48.5 Å². The monoisotopic (exact) mass is 351 g/mol. The Morgan fingerprint density at radius 1 is 1.04 bits per heavy atom. The lowest BCUT2D eigenvalue weighted by Gasteiger charge is -2.09. The van der Waals surface area contributed by atoms with Crippen molar-refractivity contribution in [3.63, 3.8) is 0 Å². The molecule has 0 fully saturated rings. The summed E-state index contributed by atoms with van der Waals surface area (Å²) in [6, 6.07) is 12.7. The summed E-state index contributed by atoms with van der Waals surface area (Å²) in [4.78, 5) is 23.1. The van der Waals surface area contributed by atoms with Crippen molar-refractivity contribution in [2.45, 2.75) is 6.54 Å². The largest absolute Gasteiger partial charge is 0.479 e. The number of para-hydroxylation sites is 1. The molecule has 0 atom stereocenters. The van der Waals surface area contributed by atoms with Crippen LogP contribution in [0.5, 0.6) is 5.75 Å². The molecule has 24 heavy (non-hydrogen) atoms. The van der Waals surface area contributed by atoms with Crippen LogP contribution >= 0.6 is 11.6 Å². The molecule has 0 bridgehead atoms. The van der Waals surface area contributed by atoms with Crippen LogP contribution < -0.4 is 10.1 Å². The van der Waals surface area contributed by atoms with Crippen LogP contribution in [0.2, 0.25) is 5.02 Å². The summed E-state index contributed by atoms with van der Waals surface area (Å²) >= 11 is 5.96. The Hall–Kier alpha value is -2.60. The Morgan fingerprint density at radius 3 is 2.50 bits per heavy atom. The van der Waals surface area contributed by atoms with Crippen LogP contribution in [0.4, 0.5) is 4.39 Å². The van der Waals surface area contributed by atoms with Gasteiger partial charge in [0.05, 0.1) is 0 Å². The van der Waals surface area contributed by atoms with Crippen molar-refractivity contribution in [3.05, 3.63) is 64.9 Å². The van der Waals surface area contributed by atoms with Crippen LogP contribution in [-0.4, -0.2) is 25.1 Å². The van der Waals surface area contributed by atoms with Gasteiger partial charge < -0.3 is 14.8 Å². The van der Waals surface area contributed by atoms with Gasteiger partial charge in [-0.3, -0.25) is 4.79 Å². The minimum atomic E-state index is -0.772. The lowest BCUT2D eigenvalue weighted by atomic mass is 10.2. The molecule has 0 saturated carbocycles. The van der Waals surface area contributed by atoms with E-state index < -0.39 is 30.9 Å². The van der Waals surface area contributed by atoms with Crippen LogP contribution in [0, 0.1) is 5.82 Å². The predicted molar refractivity (Wildman–Crippen MR) is 86.2 cm³/mol. The number of ether oxygens (including phenoxy) is 2. The minimum absolute atomic E-state index is 0.0578. The van der Waals surface area contributed by atoms with Gasteiger partial charge in [0.25, 0.3) is 5.91 Å². The maximum Gasteiger partial charge on any atom is 0.344 e. The van der Waals surface area contributed by atoms with Gasteiger partial charge in [0.1, 0.15) is 0 Å². The summed E-state index contributed by atoms with van der Waals surface area (Å²) in [7, 11) is 0. The van der Waals surface area contributed by atoms with Crippen molar-refractivity contribution < 1.29 is 23.5 Å². The first-order chi connectivity index (χ1) is 11.6. The van der Waals surface area contributed by atoms with E-state index in [1.165, 1.54) is 18.2 Å². The van der Waals surface area contributed by atoms with Crippen molar-refractivity contribution in [2.75, 3.05) is 13.2 Å². The van der Waals surface area contributed by atoms with E-state index in [0.29, 0.717) is 5.02 Å². The highest BCUT2D eigenvalue weighted by Gasteiger charge is 2.10. The standard InChI is InChI=1S/C17H15ClFNO4/c18-13-6-2-1-5-12(13)9-20-16(21)10-24-17(22)11-23-15-8-4-3-7-14(15)19/h1-8H,9-11H2,(H,20,21). The zero-order valence-corrected chi connectivity index (χ0v) is 13.4. The van der Waals surface area contributed by atoms with E-state index in [9.17, 15) is 14.0 Å². The molecule has 0 unspecified atom stereocenters. The molecule has 0 radical (unpaired) electrons. The van der Waals surface area contributed by atoms with E-state index in [4.69, 9.17) is 21.1 Å². The molecular formula is C17H15ClFNO4. The Kier molecular flexibility index (Phi) is 6.57. The lowest BCUT2D eigenvalue weighted by molar-refractivity contribution is -0.150. The van der Waals surface area contributed by atoms with Crippen molar-refractivity contribution >= 4 is 23.5 Å². The molecule has 0 aliphatic rings. The van der Waals surface area contributed by atoms with Gasteiger partial charge >= 0.3 is 5.97 Å². The molecule has 7 heteroatoms. The van der Waals surface area contributed by atoms with Crippen LogP contribution in [-0.2, 0) is 20.9 Å². The van der Waals surface area contributed by atoms with Crippen molar-refractivity contribution in [1.29, 1.82) is 0 Å². The highest BCUT2D eigenvalue weighted by Crippen LogP contribution is 2.15. The molecule has 1 N–H and O–H groups in total. The Bertz CT molecular complexity index is 662. The third-order valence-electron chi connectivity index (χ3n) is 2.98. The predicted octanol–water partition coefficient (Wildman–Crippen LogP) is 2.72. The number of hydrogen-bond donors (Lipinski definition) is 1. The number of hydrogen-bond acceptors (Lipinski definition) is 4. The fraction of sp³-hybridized carbons (Fsp3) is 0.176. The van der Waals surface area contributed by atoms with Gasteiger partial charge in [-0.15, -0.1) is 0 Å². The van der Waals surface area contributed by atoms with Crippen molar-refractivity contribution in [1.82, 2.24) is 5.32 Å². The fourth-order valence-corrected chi connectivity index (χ4v) is 1.98. The zero-order chi connectivity index (χ0) is 17.4. The summed E-state index contributed by atoms with van der Waals surface area (Å²) in [6.45, 7) is -0.718. The number of carbonyl (C=O) groups is 2. The lowest BCUT2D eigenvalue weighted by Crippen LogP contribution is -2.29. The van der Waals surface area contributed by atoms with E-state index in [-0.39, 0.29) is 12.3 Å². The SMILES string of the molecule is O=C(COC(=O)COc1ccccc1F)NCc1ccccc1Cl. The molecule has 0 aliphatic heterocycles. The number of esters is 1. The van der Waals surface area contributed by atoms with Crippen LogP contribution in [0.25, 0.3) is 0 Å². The van der Waals surface area contributed by atoms with Gasteiger partial charge in [0.2, 0.25) is 0 Å². The summed E-state index contributed by atoms with van der Waals surface area (Å²) in [6.07, 6.45) is 0. The molecule has 2 aromatic carbocycles. The van der Waals surface area contributed by atoms with E-state index in [1.807, 2.05) is 0 Å². The third kappa shape index (κ3) is 5.55. The van der Waals surface area contributed by atoms with Crippen molar-refractivity contribution in [3.8, 4) is 5.75 Å². The molecule has 0 saturated heterocycles. The first kappa shape index (κ1) is 17.7. The quantitative estimate of drug-likeness (QED) is 0.779. The van der Waals surface area contributed by atoms with Gasteiger partial charge in [-0.1, -0.05) is 41.9 Å². The normalized spacial score (nSPS) is 10.1. The fourth-order valence-electron chi connectivity index (χ4n) is 1.77. The summed E-state index contributed by atoms with van der Waals surface area (Å²) in [5, 5.41) is 3.11. The smallest absolute Gasteiger partial charge is 0.344 e. The number of benzene rings is 2. The van der Waals surface area contributed by atoms with Crippen molar-refractivity contribution in [2.24, 2.45) is 0 Å². The number of nitrogens with one attached hydrogen (secondary N) is 1. The van der Waals surface area contributed by atoms with E-state index in [2.05, 4.69) is 5.32 Å². The molecule has 5 nitrogen and oxygen atoms in total. The highest BCUT2D eigenvalue weighted by molar-refractivity contribution is 6.31. The topological polar surface area (TPSA) is 64.6 Å². The number of rotatable bonds is 7. The summed E-state index contributed by atoms with van der Waals surface area (Å²) in [5.74, 6) is -1.89. The maximum absolute atomic E-state index is 13.3. The molecular weight excluding hydrogens is 337 g/mol. The molecule has 2 aromatic rings. The Labute approximate surface area is 143 Å². The average Bonchev–Trinajstić information content (AvgIpc) is 2.58. The van der Waals surface area contributed by atoms with Crippen LogP contribution in [0.1, 0.15) is 5.56 Å². The maximum atomic E-state index is 13.3. The molecule has 0 spiro atoms. The van der Waals surface area contributed by atoms with E-state index in [0.717, 1.165) is 5.56 Å². The number of halogens is 2. The second-order valence-corrected chi connectivity index (χ2v) is 5.16. The zero-order valence-electron chi connectivity index (χ0n) is 12.6. The van der Waals surface area contributed by atoms with Crippen LogP contribution in [0.3, 0.4) is 0 Å². The molecule has 126 valence electrons. The molecule has 1 amide bonds. The van der Waals surface area contributed by atoms with Gasteiger partial charge in [-0.2, -0.15) is 0 Å². The highest BCUT2D eigenvalue weighted by atomic mass is 35.5.